The monoisotopic (exact) mass is 519 g/mol. The van der Waals surface area contributed by atoms with E-state index in [1.807, 2.05) is 6.92 Å². The van der Waals surface area contributed by atoms with E-state index in [1.54, 1.807) is 31.2 Å². The van der Waals surface area contributed by atoms with Crippen LogP contribution in [0.5, 0.6) is 11.8 Å². The molecule has 0 unspecified atom stereocenters. The van der Waals surface area contributed by atoms with Gasteiger partial charge in [0, 0.05) is 10.9 Å². The summed E-state index contributed by atoms with van der Waals surface area (Å²) in [4.78, 5) is 29.9. The SMILES string of the molecule is CCOc1nc(C(F)(F)F)c(-c2ccc3snc(-c4cc(OCC(=O)OC)ccc4C)c3c2)c(=O)[nH]1. The minimum absolute atomic E-state index is 0.0313. The van der Waals surface area contributed by atoms with Crippen LogP contribution in [0.2, 0.25) is 0 Å². The van der Waals surface area contributed by atoms with Gasteiger partial charge < -0.3 is 14.2 Å². The third-order valence-electron chi connectivity index (χ3n) is 5.25. The van der Waals surface area contributed by atoms with Crippen LogP contribution in [0, 0.1) is 6.92 Å². The van der Waals surface area contributed by atoms with Crippen molar-refractivity contribution in [3.63, 3.8) is 0 Å². The molecular weight excluding hydrogens is 499 g/mol. The summed E-state index contributed by atoms with van der Waals surface area (Å²) in [6.45, 7) is 3.17. The summed E-state index contributed by atoms with van der Waals surface area (Å²) < 4.78 is 61.8. The fourth-order valence-electron chi connectivity index (χ4n) is 3.57. The summed E-state index contributed by atoms with van der Waals surface area (Å²) in [6.07, 6.45) is -4.89. The van der Waals surface area contributed by atoms with Gasteiger partial charge in [-0.25, -0.2) is 4.79 Å². The summed E-state index contributed by atoms with van der Waals surface area (Å²) >= 11 is 1.16. The normalized spacial score (nSPS) is 11.5. The third kappa shape index (κ3) is 5.03. The van der Waals surface area contributed by atoms with Gasteiger partial charge in [0.2, 0.25) is 0 Å². The number of H-pyrrole nitrogens is 1. The lowest BCUT2D eigenvalue weighted by Gasteiger charge is -2.13. The number of benzene rings is 2. The largest absolute Gasteiger partial charge is 0.482 e. The Morgan fingerprint density at radius 1 is 1.14 bits per heavy atom. The summed E-state index contributed by atoms with van der Waals surface area (Å²) in [5, 5.41) is 0.548. The summed E-state index contributed by atoms with van der Waals surface area (Å²) in [6, 6.07) is 9.16. The average Bonchev–Trinajstić information content (AvgIpc) is 3.25. The topological polar surface area (TPSA) is 103 Å². The second-order valence-corrected chi connectivity index (χ2v) is 8.41. The Morgan fingerprint density at radius 3 is 2.61 bits per heavy atom. The summed E-state index contributed by atoms with van der Waals surface area (Å²) in [5.74, 6) is -0.152. The van der Waals surface area contributed by atoms with E-state index in [1.165, 1.54) is 19.2 Å². The highest BCUT2D eigenvalue weighted by atomic mass is 32.1. The molecule has 4 rings (SSSR count). The number of aryl methyl sites for hydroxylation is 1. The van der Waals surface area contributed by atoms with Gasteiger partial charge in [0.15, 0.2) is 12.3 Å². The number of methoxy groups -OCH3 is 1. The van der Waals surface area contributed by atoms with Crippen molar-refractivity contribution in [3.8, 4) is 34.1 Å². The molecule has 0 aliphatic rings. The zero-order valence-electron chi connectivity index (χ0n) is 19.4. The molecule has 0 aliphatic heterocycles. The molecule has 12 heteroatoms. The first-order chi connectivity index (χ1) is 17.1. The van der Waals surface area contributed by atoms with Gasteiger partial charge in [-0.05, 0) is 60.8 Å². The van der Waals surface area contributed by atoms with Crippen LogP contribution in [0.25, 0.3) is 32.5 Å². The van der Waals surface area contributed by atoms with Crippen molar-refractivity contribution in [2.45, 2.75) is 20.0 Å². The number of hydrogen-bond donors (Lipinski definition) is 1. The molecule has 0 radical (unpaired) electrons. The molecule has 0 saturated carbocycles. The molecule has 0 aliphatic carbocycles. The van der Waals surface area contributed by atoms with E-state index < -0.39 is 35.0 Å². The number of nitrogens with one attached hydrogen (secondary N) is 1. The Balaban J connectivity index is 1.84. The lowest BCUT2D eigenvalue weighted by molar-refractivity contribution is -0.143. The quantitative estimate of drug-likeness (QED) is 0.343. The van der Waals surface area contributed by atoms with Gasteiger partial charge in [0.05, 0.1) is 29.7 Å². The number of hydrogen-bond acceptors (Lipinski definition) is 8. The van der Waals surface area contributed by atoms with Crippen molar-refractivity contribution in [3.05, 3.63) is 58.0 Å². The highest BCUT2D eigenvalue weighted by Crippen LogP contribution is 2.39. The standard InChI is InChI=1S/C24H20F3N3O5S/c1-4-34-23-28-21(24(25,26)27)19(22(32)29-23)13-6-8-17-16(9-13)20(30-36-17)15-10-14(7-5-12(15)2)35-11-18(31)33-3/h5-10H,4,11H2,1-3H3,(H,28,29,32). The molecular formula is C24H20F3N3O5S. The molecule has 36 heavy (non-hydrogen) atoms. The van der Waals surface area contributed by atoms with Gasteiger partial charge in [-0.3, -0.25) is 9.78 Å². The number of carbonyl (C=O) groups is 1. The van der Waals surface area contributed by atoms with E-state index in [4.69, 9.17) is 9.47 Å². The predicted octanol–water partition coefficient (Wildman–Crippen LogP) is 4.99. The van der Waals surface area contributed by atoms with Gasteiger partial charge in [0.25, 0.3) is 11.6 Å². The molecule has 1 N–H and O–H groups in total. The molecule has 2 aromatic carbocycles. The van der Waals surface area contributed by atoms with Gasteiger partial charge in [-0.2, -0.15) is 22.5 Å². The third-order valence-corrected chi connectivity index (χ3v) is 6.08. The number of esters is 1. The lowest BCUT2D eigenvalue weighted by atomic mass is 9.99. The van der Waals surface area contributed by atoms with Gasteiger partial charge >= 0.3 is 12.1 Å². The second-order valence-electron chi connectivity index (χ2n) is 7.61. The summed E-state index contributed by atoms with van der Waals surface area (Å²) in [7, 11) is 1.25. The van der Waals surface area contributed by atoms with Crippen LogP contribution >= 0.6 is 11.5 Å². The first kappa shape index (κ1) is 25.2. The number of nitrogens with zero attached hydrogens (tertiary/aromatic N) is 2. The maximum Gasteiger partial charge on any atom is 0.434 e. The highest BCUT2D eigenvalue weighted by Gasteiger charge is 2.38. The minimum Gasteiger partial charge on any atom is -0.482 e. The average molecular weight is 520 g/mol. The van der Waals surface area contributed by atoms with Crippen LogP contribution in [0.4, 0.5) is 13.2 Å². The first-order valence-electron chi connectivity index (χ1n) is 10.7. The van der Waals surface area contributed by atoms with E-state index in [-0.39, 0.29) is 18.8 Å². The molecule has 0 saturated heterocycles. The van der Waals surface area contributed by atoms with Crippen LogP contribution < -0.4 is 15.0 Å². The summed E-state index contributed by atoms with van der Waals surface area (Å²) in [5.41, 5.74) is -0.903. The molecule has 188 valence electrons. The number of fused-ring (bicyclic) bond motifs is 1. The minimum atomic E-state index is -4.89. The number of halogens is 3. The first-order valence-corrected chi connectivity index (χ1v) is 11.4. The fourth-order valence-corrected chi connectivity index (χ4v) is 4.34. The van der Waals surface area contributed by atoms with E-state index in [2.05, 4.69) is 19.1 Å². The maximum atomic E-state index is 13.9. The van der Waals surface area contributed by atoms with Gasteiger partial charge in [0.1, 0.15) is 5.75 Å². The number of rotatable bonds is 7. The Hall–Kier alpha value is -3.93. The number of carbonyl (C=O) groups excluding carboxylic acids is 1. The number of alkyl halides is 3. The molecule has 4 aromatic rings. The number of aromatic nitrogens is 3. The number of aromatic amines is 1. The van der Waals surface area contributed by atoms with Crippen molar-refractivity contribution in [2.75, 3.05) is 20.3 Å². The van der Waals surface area contributed by atoms with Crippen molar-refractivity contribution >= 4 is 27.6 Å². The van der Waals surface area contributed by atoms with Crippen LogP contribution in [-0.2, 0) is 15.7 Å². The van der Waals surface area contributed by atoms with E-state index in [9.17, 15) is 22.8 Å². The Kier molecular flexibility index (Phi) is 6.97. The fraction of sp³-hybridized carbons (Fsp3) is 0.250. The molecule has 0 spiro atoms. The lowest BCUT2D eigenvalue weighted by Crippen LogP contribution is -2.21. The van der Waals surface area contributed by atoms with Crippen molar-refractivity contribution < 1.29 is 32.2 Å². The van der Waals surface area contributed by atoms with E-state index in [0.29, 0.717) is 27.1 Å². The Morgan fingerprint density at radius 2 is 1.92 bits per heavy atom. The van der Waals surface area contributed by atoms with Crippen LogP contribution in [0.15, 0.2) is 41.2 Å². The zero-order chi connectivity index (χ0) is 26.0. The Bertz CT molecular complexity index is 1500. The zero-order valence-corrected chi connectivity index (χ0v) is 20.2. The van der Waals surface area contributed by atoms with E-state index >= 15 is 0 Å². The van der Waals surface area contributed by atoms with E-state index in [0.717, 1.165) is 17.1 Å². The second kappa shape index (κ2) is 9.97. The smallest absolute Gasteiger partial charge is 0.434 e. The molecule has 8 nitrogen and oxygen atoms in total. The molecule has 0 bridgehead atoms. The highest BCUT2D eigenvalue weighted by molar-refractivity contribution is 7.13. The van der Waals surface area contributed by atoms with Crippen molar-refractivity contribution in [1.29, 1.82) is 0 Å². The van der Waals surface area contributed by atoms with Gasteiger partial charge in [-0.1, -0.05) is 12.1 Å². The predicted molar refractivity (Wildman–Crippen MR) is 127 cm³/mol. The van der Waals surface area contributed by atoms with Gasteiger partial charge in [-0.15, -0.1) is 0 Å². The maximum absolute atomic E-state index is 13.9. The molecule has 0 fully saturated rings. The number of ether oxygens (including phenoxy) is 3. The molecule has 0 amide bonds. The Labute approximate surface area is 206 Å². The van der Waals surface area contributed by atoms with Crippen LogP contribution in [-0.4, -0.2) is 40.6 Å². The molecule has 2 heterocycles. The molecule has 0 atom stereocenters. The van der Waals surface area contributed by atoms with Crippen molar-refractivity contribution in [1.82, 2.24) is 14.3 Å². The van der Waals surface area contributed by atoms with Crippen LogP contribution in [0.1, 0.15) is 18.2 Å². The van der Waals surface area contributed by atoms with Crippen molar-refractivity contribution in [2.24, 2.45) is 0 Å². The molecule has 2 aromatic heterocycles. The van der Waals surface area contributed by atoms with Crippen LogP contribution in [0.3, 0.4) is 0 Å².